The van der Waals surface area contributed by atoms with E-state index in [2.05, 4.69) is 0 Å². The third-order valence-electron chi connectivity index (χ3n) is 1.77. The summed E-state index contributed by atoms with van der Waals surface area (Å²) in [6, 6.07) is 7.52. The van der Waals surface area contributed by atoms with Crippen molar-refractivity contribution in [1.82, 2.24) is 0 Å². The SMILES string of the molecule is CC(O)c1ccccc1N(C)N. The molecule has 66 valence electrons. The van der Waals surface area contributed by atoms with Gasteiger partial charge in [0.25, 0.3) is 0 Å². The highest BCUT2D eigenvalue weighted by Gasteiger charge is 2.07. The lowest BCUT2D eigenvalue weighted by molar-refractivity contribution is 0.199. The van der Waals surface area contributed by atoms with E-state index in [9.17, 15) is 5.11 Å². The molecule has 0 heterocycles. The Balaban J connectivity index is 3.09. The summed E-state index contributed by atoms with van der Waals surface area (Å²) in [4.78, 5) is 0. The summed E-state index contributed by atoms with van der Waals surface area (Å²) in [5, 5.41) is 10.9. The van der Waals surface area contributed by atoms with Crippen LogP contribution >= 0.6 is 0 Å². The minimum Gasteiger partial charge on any atom is -0.389 e. The van der Waals surface area contributed by atoms with Crippen molar-refractivity contribution in [2.24, 2.45) is 5.84 Å². The van der Waals surface area contributed by atoms with Gasteiger partial charge in [0.1, 0.15) is 0 Å². The summed E-state index contributed by atoms with van der Waals surface area (Å²) in [5.41, 5.74) is 1.70. The molecule has 1 aromatic carbocycles. The highest BCUT2D eigenvalue weighted by atomic mass is 16.3. The fraction of sp³-hybridized carbons (Fsp3) is 0.333. The van der Waals surface area contributed by atoms with Gasteiger partial charge in [-0.15, -0.1) is 0 Å². The topological polar surface area (TPSA) is 49.5 Å². The van der Waals surface area contributed by atoms with E-state index in [0.29, 0.717) is 0 Å². The number of hydrogen-bond acceptors (Lipinski definition) is 3. The van der Waals surface area contributed by atoms with Gasteiger partial charge in [-0.25, -0.2) is 5.84 Å². The number of nitrogens with zero attached hydrogens (tertiary/aromatic N) is 1. The van der Waals surface area contributed by atoms with Crippen LogP contribution in [0.2, 0.25) is 0 Å². The molecule has 3 heteroatoms. The lowest BCUT2D eigenvalue weighted by Crippen LogP contribution is -2.26. The maximum Gasteiger partial charge on any atom is 0.0782 e. The zero-order chi connectivity index (χ0) is 9.14. The molecular weight excluding hydrogens is 152 g/mol. The van der Waals surface area contributed by atoms with Crippen molar-refractivity contribution in [2.45, 2.75) is 13.0 Å². The van der Waals surface area contributed by atoms with Crippen molar-refractivity contribution >= 4 is 5.69 Å². The molecule has 3 nitrogen and oxygen atoms in total. The van der Waals surface area contributed by atoms with Crippen molar-refractivity contribution in [3.05, 3.63) is 29.8 Å². The van der Waals surface area contributed by atoms with E-state index >= 15 is 0 Å². The molecule has 1 atom stereocenters. The maximum absolute atomic E-state index is 9.37. The minimum absolute atomic E-state index is 0.479. The quantitative estimate of drug-likeness (QED) is 0.510. The number of para-hydroxylation sites is 1. The zero-order valence-corrected chi connectivity index (χ0v) is 7.36. The molecule has 0 saturated carbocycles. The third kappa shape index (κ3) is 1.75. The van der Waals surface area contributed by atoms with E-state index in [0.717, 1.165) is 11.3 Å². The minimum atomic E-state index is -0.479. The molecule has 0 amide bonds. The molecule has 1 aromatic rings. The standard InChI is InChI=1S/C9H14N2O/c1-7(12)8-5-3-4-6-9(8)11(2)10/h3-7,12H,10H2,1-2H3. The molecule has 0 aliphatic heterocycles. The Kier molecular flexibility index (Phi) is 2.68. The number of nitrogens with two attached hydrogens (primary N) is 1. The smallest absolute Gasteiger partial charge is 0.0782 e. The van der Waals surface area contributed by atoms with Crippen LogP contribution in [0.1, 0.15) is 18.6 Å². The van der Waals surface area contributed by atoms with Crippen LogP contribution in [-0.4, -0.2) is 12.2 Å². The van der Waals surface area contributed by atoms with Crippen LogP contribution in [0.4, 0.5) is 5.69 Å². The summed E-state index contributed by atoms with van der Waals surface area (Å²) in [5.74, 6) is 5.57. The second kappa shape index (κ2) is 3.56. The Morgan fingerprint density at radius 2 is 2.00 bits per heavy atom. The van der Waals surface area contributed by atoms with Crippen LogP contribution in [0.25, 0.3) is 0 Å². The van der Waals surface area contributed by atoms with Crippen molar-refractivity contribution in [3.63, 3.8) is 0 Å². The van der Waals surface area contributed by atoms with E-state index in [1.54, 1.807) is 14.0 Å². The first-order chi connectivity index (χ1) is 5.63. The van der Waals surface area contributed by atoms with Crippen molar-refractivity contribution < 1.29 is 5.11 Å². The molecule has 0 aromatic heterocycles. The van der Waals surface area contributed by atoms with Crippen LogP contribution in [-0.2, 0) is 0 Å². The highest BCUT2D eigenvalue weighted by Crippen LogP contribution is 2.23. The number of anilines is 1. The Morgan fingerprint density at radius 1 is 1.42 bits per heavy atom. The molecule has 0 saturated heterocycles. The number of hydrogen-bond donors (Lipinski definition) is 2. The predicted molar refractivity (Wildman–Crippen MR) is 49.7 cm³/mol. The second-order valence-electron chi connectivity index (χ2n) is 2.85. The molecule has 0 radical (unpaired) electrons. The van der Waals surface area contributed by atoms with Crippen molar-refractivity contribution in [3.8, 4) is 0 Å². The molecular formula is C9H14N2O. The van der Waals surface area contributed by atoms with Gasteiger partial charge in [0.05, 0.1) is 11.8 Å². The van der Waals surface area contributed by atoms with Crippen LogP contribution in [0, 0.1) is 0 Å². The third-order valence-corrected chi connectivity index (χ3v) is 1.77. The van der Waals surface area contributed by atoms with Gasteiger partial charge >= 0.3 is 0 Å². The summed E-state index contributed by atoms with van der Waals surface area (Å²) in [7, 11) is 1.75. The number of aliphatic hydroxyl groups is 1. The normalized spacial score (nSPS) is 12.7. The Morgan fingerprint density at radius 3 is 2.42 bits per heavy atom. The monoisotopic (exact) mass is 166 g/mol. The Bertz CT molecular complexity index is 231. The van der Waals surface area contributed by atoms with Crippen LogP contribution in [0.5, 0.6) is 0 Å². The molecule has 0 aliphatic rings. The first-order valence-corrected chi connectivity index (χ1v) is 3.88. The zero-order valence-electron chi connectivity index (χ0n) is 7.36. The van der Waals surface area contributed by atoms with Crippen LogP contribution in [0.15, 0.2) is 24.3 Å². The molecule has 1 unspecified atom stereocenters. The van der Waals surface area contributed by atoms with Crippen molar-refractivity contribution in [1.29, 1.82) is 0 Å². The summed E-state index contributed by atoms with van der Waals surface area (Å²) in [6.45, 7) is 1.72. The Labute approximate surface area is 72.4 Å². The van der Waals surface area contributed by atoms with E-state index in [1.165, 1.54) is 5.01 Å². The molecule has 0 fully saturated rings. The lowest BCUT2D eigenvalue weighted by Gasteiger charge is -2.18. The van der Waals surface area contributed by atoms with Gasteiger partial charge in [-0.1, -0.05) is 18.2 Å². The lowest BCUT2D eigenvalue weighted by atomic mass is 10.1. The van der Waals surface area contributed by atoms with E-state index in [4.69, 9.17) is 5.84 Å². The van der Waals surface area contributed by atoms with Crippen LogP contribution in [0.3, 0.4) is 0 Å². The first-order valence-electron chi connectivity index (χ1n) is 3.88. The average Bonchev–Trinajstić information content (AvgIpc) is 2.04. The van der Waals surface area contributed by atoms with Gasteiger partial charge in [-0.05, 0) is 13.0 Å². The molecule has 0 spiro atoms. The summed E-state index contributed by atoms with van der Waals surface area (Å²) in [6.07, 6.45) is -0.479. The van der Waals surface area contributed by atoms with Gasteiger partial charge < -0.3 is 10.1 Å². The van der Waals surface area contributed by atoms with E-state index < -0.39 is 6.10 Å². The van der Waals surface area contributed by atoms with Crippen molar-refractivity contribution in [2.75, 3.05) is 12.1 Å². The van der Waals surface area contributed by atoms with Crippen LogP contribution < -0.4 is 10.9 Å². The van der Waals surface area contributed by atoms with E-state index in [1.807, 2.05) is 24.3 Å². The van der Waals surface area contributed by atoms with Gasteiger partial charge in [0, 0.05) is 12.6 Å². The summed E-state index contributed by atoms with van der Waals surface area (Å²) >= 11 is 0. The number of rotatable bonds is 2. The highest BCUT2D eigenvalue weighted by molar-refractivity contribution is 5.52. The molecule has 3 N–H and O–H groups in total. The van der Waals surface area contributed by atoms with Gasteiger partial charge in [0.15, 0.2) is 0 Å². The molecule has 0 bridgehead atoms. The Hall–Kier alpha value is -1.06. The fourth-order valence-electron chi connectivity index (χ4n) is 1.16. The molecule has 1 rings (SSSR count). The average molecular weight is 166 g/mol. The fourth-order valence-corrected chi connectivity index (χ4v) is 1.16. The largest absolute Gasteiger partial charge is 0.389 e. The number of benzene rings is 1. The maximum atomic E-state index is 9.37. The first kappa shape index (κ1) is 9.03. The van der Waals surface area contributed by atoms with Gasteiger partial charge in [0.2, 0.25) is 0 Å². The van der Waals surface area contributed by atoms with Gasteiger partial charge in [-0.3, -0.25) is 0 Å². The van der Waals surface area contributed by atoms with Gasteiger partial charge in [-0.2, -0.15) is 0 Å². The number of hydrazine groups is 1. The molecule has 12 heavy (non-hydrogen) atoms. The second-order valence-corrected chi connectivity index (χ2v) is 2.85. The summed E-state index contributed by atoms with van der Waals surface area (Å²) < 4.78 is 0. The number of aliphatic hydroxyl groups excluding tert-OH is 1. The predicted octanol–water partition coefficient (Wildman–Crippen LogP) is 1.05. The van der Waals surface area contributed by atoms with E-state index in [-0.39, 0.29) is 0 Å². The molecule has 0 aliphatic carbocycles.